The number of carbonyl (C=O) groups excluding carboxylic acids is 3. The van der Waals surface area contributed by atoms with Crippen molar-refractivity contribution in [1.82, 2.24) is 10.2 Å². The first-order valence-corrected chi connectivity index (χ1v) is 9.89. The Morgan fingerprint density at radius 2 is 1.84 bits per heavy atom. The summed E-state index contributed by atoms with van der Waals surface area (Å²) < 4.78 is 16.3. The molecule has 2 N–H and O–H groups in total. The van der Waals surface area contributed by atoms with Crippen LogP contribution < -0.4 is 24.8 Å². The van der Waals surface area contributed by atoms with E-state index in [1.54, 1.807) is 56.5 Å². The molecule has 0 saturated carbocycles. The molecule has 4 amide bonds. The Balaban J connectivity index is 1.45. The van der Waals surface area contributed by atoms with Crippen LogP contribution in [0.15, 0.2) is 42.5 Å². The van der Waals surface area contributed by atoms with Crippen molar-refractivity contribution in [2.45, 2.75) is 18.9 Å². The molecule has 0 aromatic heterocycles. The van der Waals surface area contributed by atoms with Gasteiger partial charge < -0.3 is 24.8 Å². The fourth-order valence-electron chi connectivity index (χ4n) is 3.55. The Morgan fingerprint density at radius 1 is 1.13 bits per heavy atom. The van der Waals surface area contributed by atoms with E-state index in [-0.39, 0.29) is 0 Å². The highest BCUT2D eigenvalue weighted by Gasteiger charge is 2.49. The number of hydrogen-bond donors (Lipinski definition) is 2. The van der Waals surface area contributed by atoms with Crippen molar-refractivity contribution in [3.8, 4) is 17.2 Å². The third-order valence-electron chi connectivity index (χ3n) is 5.28. The third kappa shape index (κ3) is 3.98. The Hall–Kier alpha value is -3.75. The van der Waals surface area contributed by atoms with Crippen molar-refractivity contribution in [3.05, 3.63) is 48.0 Å². The molecule has 0 aliphatic carbocycles. The molecule has 162 valence electrons. The van der Waals surface area contributed by atoms with Crippen LogP contribution in [0.3, 0.4) is 0 Å². The van der Waals surface area contributed by atoms with Gasteiger partial charge in [0.2, 0.25) is 5.91 Å². The molecule has 9 nitrogen and oxygen atoms in total. The molecule has 2 heterocycles. The molecule has 2 aliphatic heterocycles. The molecule has 0 radical (unpaired) electrons. The van der Waals surface area contributed by atoms with Crippen LogP contribution in [0.5, 0.6) is 17.2 Å². The highest BCUT2D eigenvalue weighted by molar-refractivity contribution is 6.10. The zero-order chi connectivity index (χ0) is 22.0. The number of nitrogens with one attached hydrogen (secondary N) is 2. The lowest BCUT2D eigenvalue weighted by Gasteiger charge is -2.22. The summed E-state index contributed by atoms with van der Waals surface area (Å²) in [6.07, 6.45) is 0.773. The summed E-state index contributed by atoms with van der Waals surface area (Å²) in [6.45, 7) is 2.29. The number of nitrogens with zero attached hydrogens (tertiary/aromatic N) is 1. The van der Waals surface area contributed by atoms with Crippen LogP contribution in [0.2, 0.25) is 0 Å². The number of carbonyl (C=O) groups is 3. The van der Waals surface area contributed by atoms with Crippen molar-refractivity contribution in [2.24, 2.45) is 0 Å². The summed E-state index contributed by atoms with van der Waals surface area (Å²) >= 11 is 0. The van der Waals surface area contributed by atoms with Gasteiger partial charge in [-0.2, -0.15) is 0 Å². The molecule has 4 rings (SSSR count). The number of fused-ring (bicyclic) bond motifs is 1. The van der Waals surface area contributed by atoms with E-state index in [9.17, 15) is 14.4 Å². The smallest absolute Gasteiger partial charge is 0.325 e. The minimum Gasteiger partial charge on any atom is -0.497 e. The quantitative estimate of drug-likeness (QED) is 0.712. The summed E-state index contributed by atoms with van der Waals surface area (Å²) in [4.78, 5) is 38.9. The van der Waals surface area contributed by atoms with Gasteiger partial charge in [0.15, 0.2) is 11.5 Å². The van der Waals surface area contributed by atoms with Gasteiger partial charge in [-0.25, -0.2) is 4.79 Å². The van der Waals surface area contributed by atoms with Crippen molar-refractivity contribution in [2.75, 3.05) is 32.2 Å². The van der Waals surface area contributed by atoms with Crippen LogP contribution in [0.4, 0.5) is 10.5 Å². The van der Waals surface area contributed by atoms with Crippen molar-refractivity contribution in [3.63, 3.8) is 0 Å². The molecule has 1 saturated heterocycles. The predicted octanol–water partition coefficient (Wildman–Crippen LogP) is 2.26. The van der Waals surface area contributed by atoms with E-state index in [0.717, 1.165) is 11.3 Å². The normalized spacial score (nSPS) is 20.1. The molecule has 2 aliphatic rings. The average molecular weight is 425 g/mol. The summed E-state index contributed by atoms with van der Waals surface area (Å²) in [7, 11) is 1.54. The van der Waals surface area contributed by atoms with Gasteiger partial charge in [-0.3, -0.25) is 14.5 Å². The first kappa shape index (κ1) is 20.5. The molecular weight excluding hydrogens is 402 g/mol. The zero-order valence-corrected chi connectivity index (χ0v) is 17.3. The summed E-state index contributed by atoms with van der Waals surface area (Å²) in [5.41, 5.74) is -0.185. The summed E-state index contributed by atoms with van der Waals surface area (Å²) in [6, 6.07) is 11.3. The van der Waals surface area contributed by atoms with Crippen LogP contribution in [0.1, 0.15) is 18.9 Å². The molecular formula is C22H23N3O6. The van der Waals surface area contributed by atoms with Gasteiger partial charge in [0.25, 0.3) is 5.91 Å². The van der Waals surface area contributed by atoms with E-state index in [1.165, 1.54) is 0 Å². The third-order valence-corrected chi connectivity index (χ3v) is 5.28. The highest BCUT2D eigenvalue weighted by atomic mass is 16.5. The zero-order valence-electron chi connectivity index (χ0n) is 17.3. The molecule has 31 heavy (non-hydrogen) atoms. The SMILES string of the molecule is COc1ccc(C2(C)NC(=O)N(CC(=O)Nc3ccc4c(c3)OCCCO4)C2=O)cc1. The molecule has 0 bridgehead atoms. The number of amides is 4. The molecule has 1 atom stereocenters. The molecule has 1 fully saturated rings. The van der Waals surface area contributed by atoms with Gasteiger partial charge in [0.1, 0.15) is 17.8 Å². The molecule has 0 spiro atoms. The van der Waals surface area contributed by atoms with Gasteiger partial charge in [0, 0.05) is 18.2 Å². The maximum absolute atomic E-state index is 13.0. The number of anilines is 1. The molecule has 9 heteroatoms. The van der Waals surface area contributed by atoms with Gasteiger partial charge in [0.05, 0.1) is 20.3 Å². The van der Waals surface area contributed by atoms with Crippen molar-refractivity contribution in [1.29, 1.82) is 0 Å². The largest absolute Gasteiger partial charge is 0.497 e. The first-order chi connectivity index (χ1) is 14.9. The minimum absolute atomic E-state index is 0.412. The standard InChI is InChI=1S/C22H23N3O6/c1-22(14-4-7-16(29-2)8-5-14)20(27)25(21(28)24-22)13-19(26)23-15-6-9-17-18(12-15)31-11-3-10-30-17/h4-9,12H,3,10-11,13H2,1-2H3,(H,23,26)(H,24,28). The van der Waals surface area contributed by atoms with E-state index >= 15 is 0 Å². The molecule has 2 aromatic rings. The van der Waals surface area contributed by atoms with Gasteiger partial charge in [-0.1, -0.05) is 12.1 Å². The van der Waals surface area contributed by atoms with Crippen LogP contribution in [-0.4, -0.2) is 49.6 Å². The second-order valence-electron chi connectivity index (χ2n) is 7.44. The van der Waals surface area contributed by atoms with E-state index < -0.39 is 29.9 Å². The number of imide groups is 1. The lowest BCUT2D eigenvalue weighted by atomic mass is 9.92. The number of hydrogen-bond acceptors (Lipinski definition) is 6. The van der Waals surface area contributed by atoms with Crippen molar-refractivity contribution < 1.29 is 28.6 Å². The Labute approximate surface area is 179 Å². The van der Waals surface area contributed by atoms with E-state index in [1.807, 2.05) is 0 Å². The van der Waals surface area contributed by atoms with E-state index in [2.05, 4.69) is 10.6 Å². The number of urea groups is 1. The first-order valence-electron chi connectivity index (χ1n) is 9.89. The lowest BCUT2D eigenvalue weighted by molar-refractivity contribution is -0.133. The lowest BCUT2D eigenvalue weighted by Crippen LogP contribution is -2.42. The Kier molecular flexibility index (Phi) is 5.41. The summed E-state index contributed by atoms with van der Waals surface area (Å²) in [5, 5.41) is 5.38. The Bertz CT molecular complexity index is 1020. The summed E-state index contributed by atoms with van der Waals surface area (Å²) in [5.74, 6) is 0.779. The number of benzene rings is 2. The topological polar surface area (TPSA) is 106 Å². The second kappa shape index (κ2) is 8.17. The van der Waals surface area contributed by atoms with Crippen LogP contribution in [0.25, 0.3) is 0 Å². The Morgan fingerprint density at radius 3 is 2.55 bits per heavy atom. The number of methoxy groups -OCH3 is 1. The molecule has 2 aromatic carbocycles. The van der Waals surface area contributed by atoms with E-state index in [0.29, 0.717) is 41.7 Å². The number of ether oxygens (including phenoxy) is 3. The maximum atomic E-state index is 13.0. The highest BCUT2D eigenvalue weighted by Crippen LogP contribution is 2.33. The average Bonchev–Trinajstić information content (AvgIpc) is 2.93. The van der Waals surface area contributed by atoms with Gasteiger partial charge in [-0.05, 0) is 36.8 Å². The van der Waals surface area contributed by atoms with Crippen molar-refractivity contribution >= 4 is 23.5 Å². The van der Waals surface area contributed by atoms with Crippen LogP contribution in [-0.2, 0) is 15.1 Å². The second-order valence-corrected chi connectivity index (χ2v) is 7.44. The van der Waals surface area contributed by atoms with Crippen LogP contribution in [0, 0.1) is 0 Å². The fraction of sp³-hybridized carbons (Fsp3) is 0.318. The molecule has 1 unspecified atom stereocenters. The van der Waals surface area contributed by atoms with E-state index in [4.69, 9.17) is 14.2 Å². The predicted molar refractivity (Wildman–Crippen MR) is 111 cm³/mol. The fourth-order valence-corrected chi connectivity index (χ4v) is 3.55. The minimum atomic E-state index is -1.26. The van der Waals surface area contributed by atoms with Crippen LogP contribution >= 0.6 is 0 Å². The maximum Gasteiger partial charge on any atom is 0.325 e. The van der Waals surface area contributed by atoms with Gasteiger partial charge in [-0.15, -0.1) is 0 Å². The monoisotopic (exact) mass is 425 g/mol. The number of rotatable bonds is 5. The van der Waals surface area contributed by atoms with Gasteiger partial charge >= 0.3 is 6.03 Å².